The Bertz CT molecular complexity index is 61.7. The molecule has 1 unspecified atom stereocenters. The summed E-state index contributed by atoms with van der Waals surface area (Å²) in [5, 5.41) is 1.18. The Morgan fingerprint density at radius 2 is 1.90 bits per heavy atom. The van der Waals surface area contributed by atoms with E-state index in [0.717, 1.165) is 5.92 Å². The molecule has 0 rings (SSSR count). The van der Waals surface area contributed by atoms with Crippen LogP contribution >= 0.6 is 15.9 Å². The molecular weight excluding hydrogens is 188 g/mol. The molecule has 0 nitrogen and oxygen atoms in total. The summed E-state index contributed by atoms with van der Waals surface area (Å²) in [6.45, 7) is 4.56. The van der Waals surface area contributed by atoms with Crippen molar-refractivity contribution in [2.45, 2.75) is 46.0 Å². The van der Waals surface area contributed by atoms with Gasteiger partial charge < -0.3 is 0 Å². The lowest BCUT2D eigenvalue weighted by atomic mass is 9.97. The van der Waals surface area contributed by atoms with Gasteiger partial charge in [0, 0.05) is 5.33 Å². The molecule has 0 aliphatic rings. The highest BCUT2D eigenvalue weighted by Gasteiger charge is 2.02. The number of unbranched alkanes of at least 4 members (excludes halogenated alkanes) is 1. The van der Waals surface area contributed by atoms with E-state index >= 15 is 0 Å². The molecule has 0 aromatic heterocycles. The fourth-order valence-electron chi connectivity index (χ4n) is 1.20. The zero-order chi connectivity index (χ0) is 7.82. The van der Waals surface area contributed by atoms with E-state index in [9.17, 15) is 0 Å². The first-order chi connectivity index (χ1) is 4.85. The van der Waals surface area contributed by atoms with Gasteiger partial charge in [0.1, 0.15) is 0 Å². The molecule has 1 heteroatoms. The first-order valence-corrected chi connectivity index (χ1v) is 5.53. The van der Waals surface area contributed by atoms with E-state index in [2.05, 4.69) is 29.8 Å². The van der Waals surface area contributed by atoms with Gasteiger partial charge in [-0.15, -0.1) is 0 Å². The number of hydrogen-bond donors (Lipinski definition) is 0. The molecule has 0 saturated heterocycles. The molecule has 0 N–H and O–H groups in total. The average molecular weight is 207 g/mol. The minimum atomic E-state index is 0.972. The van der Waals surface area contributed by atoms with Crippen molar-refractivity contribution in [3.63, 3.8) is 0 Å². The van der Waals surface area contributed by atoms with Crippen molar-refractivity contribution in [1.82, 2.24) is 0 Å². The Morgan fingerprint density at radius 3 is 2.30 bits per heavy atom. The van der Waals surface area contributed by atoms with Gasteiger partial charge in [-0.2, -0.15) is 0 Å². The van der Waals surface area contributed by atoms with Gasteiger partial charge in [-0.25, -0.2) is 0 Å². The monoisotopic (exact) mass is 206 g/mol. The van der Waals surface area contributed by atoms with Gasteiger partial charge in [-0.05, 0) is 12.3 Å². The second-order valence-electron chi connectivity index (χ2n) is 2.89. The van der Waals surface area contributed by atoms with Crippen molar-refractivity contribution in [3.8, 4) is 0 Å². The highest BCUT2D eigenvalue weighted by Crippen LogP contribution is 2.16. The van der Waals surface area contributed by atoms with Gasteiger partial charge in [-0.3, -0.25) is 0 Å². The molecule has 0 saturated carbocycles. The molecule has 0 fully saturated rings. The van der Waals surface area contributed by atoms with Crippen molar-refractivity contribution < 1.29 is 0 Å². The van der Waals surface area contributed by atoms with Gasteiger partial charge >= 0.3 is 0 Å². The largest absolute Gasteiger partial charge is 0.0928 e. The van der Waals surface area contributed by atoms with Crippen LogP contribution in [0.2, 0.25) is 0 Å². The Morgan fingerprint density at radius 1 is 1.20 bits per heavy atom. The zero-order valence-corrected chi connectivity index (χ0v) is 8.78. The van der Waals surface area contributed by atoms with Gasteiger partial charge in [0.15, 0.2) is 0 Å². The lowest BCUT2D eigenvalue weighted by molar-refractivity contribution is 0.442. The van der Waals surface area contributed by atoms with Crippen LogP contribution < -0.4 is 0 Å². The molecule has 10 heavy (non-hydrogen) atoms. The topological polar surface area (TPSA) is 0 Å². The Kier molecular flexibility index (Phi) is 7.95. The second-order valence-corrected chi connectivity index (χ2v) is 3.69. The van der Waals surface area contributed by atoms with Crippen molar-refractivity contribution >= 4 is 15.9 Å². The van der Waals surface area contributed by atoms with Crippen LogP contribution in [0, 0.1) is 5.92 Å². The van der Waals surface area contributed by atoms with Crippen LogP contribution in [0.1, 0.15) is 46.0 Å². The smallest absolute Gasteiger partial charge is 0.00339 e. The van der Waals surface area contributed by atoms with E-state index in [-0.39, 0.29) is 0 Å². The maximum atomic E-state index is 3.48. The molecule has 62 valence electrons. The summed E-state index contributed by atoms with van der Waals surface area (Å²) < 4.78 is 0. The maximum absolute atomic E-state index is 3.48. The Hall–Kier alpha value is 0.480. The third kappa shape index (κ3) is 5.28. The van der Waals surface area contributed by atoms with Gasteiger partial charge in [-0.1, -0.05) is 55.5 Å². The second kappa shape index (κ2) is 7.59. The first-order valence-electron chi connectivity index (χ1n) is 4.41. The minimum Gasteiger partial charge on any atom is -0.0928 e. The van der Waals surface area contributed by atoms with Crippen LogP contribution in [0.15, 0.2) is 0 Å². The molecular formula is C9H19Br. The fraction of sp³-hybridized carbons (Fsp3) is 1.00. The number of alkyl halides is 1. The number of halogens is 1. The highest BCUT2D eigenvalue weighted by molar-refractivity contribution is 9.09. The molecule has 0 heterocycles. The standard InChI is InChI=1S/C9H19Br/c1-3-5-6-9(4-2)7-8-10/h9H,3-8H2,1-2H3. The number of hydrogen-bond acceptors (Lipinski definition) is 0. The van der Waals surface area contributed by atoms with Crippen molar-refractivity contribution in [1.29, 1.82) is 0 Å². The summed E-state index contributed by atoms with van der Waals surface area (Å²) in [7, 11) is 0. The summed E-state index contributed by atoms with van der Waals surface area (Å²) in [6.07, 6.45) is 6.89. The summed E-state index contributed by atoms with van der Waals surface area (Å²) in [5.74, 6) is 0.972. The molecule has 1 atom stereocenters. The fourth-order valence-corrected chi connectivity index (χ4v) is 1.85. The van der Waals surface area contributed by atoms with E-state index in [4.69, 9.17) is 0 Å². The van der Waals surface area contributed by atoms with Crippen LogP contribution in [0.5, 0.6) is 0 Å². The average Bonchev–Trinajstić information content (AvgIpc) is 1.98. The van der Waals surface area contributed by atoms with E-state index < -0.39 is 0 Å². The van der Waals surface area contributed by atoms with E-state index in [1.807, 2.05) is 0 Å². The molecule has 0 aliphatic carbocycles. The third-order valence-corrected chi connectivity index (χ3v) is 2.52. The molecule has 0 aromatic rings. The molecule has 0 radical (unpaired) electrons. The summed E-state index contributed by atoms with van der Waals surface area (Å²) in [5.41, 5.74) is 0. The van der Waals surface area contributed by atoms with Gasteiger partial charge in [0.25, 0.3) is 0 Å². The van der Waals surface area contributed by atoms with Crippen LogP contribution in [0.3, 0.4) is 0 Å². The zero-order valence-electron chi connectivity index (χ0n) is 7.20. The summed E-state index contributed by atoms with van der Waals surface area (Å²) in [4.78, 5) is 0. The summed E-state index contributed by atoms with van der Waals surface area (Å²) in [6, 6.07) is 0. The molecule has 0 bridgehead atoms. The Balaban J connectivity index is 3.21. The highest BCUT2D eigenvalue weighted by atomic mass is 79.9. The minimum absolute atomic E-state index is 0.972. The van der Waals surface area contributed by atoms with E-state index in [0.29, 0.717) is 0 Å². The quantitative estimate of drug-likeness (QED) is 0.577. The van der Waals surface area contributed by atoms with Crippen LogP contribution in [0.25, 0.3) is 0 Å². The lowest BCUT2D eigenvalue weighted by Crippen LogP contribution is -1.98. The van der Waals surface area contributed by atoms with Gasteiger partial charge in [0.05, 0.1) is 0 Å². The Labute approximate surface area is 73.5 Å². The van der Waals surface area contributed by atoms with E-state index in [1.54, 1.807) is 0 Å². The van der Waals surface area contributed by atoms with Crippen LogP contribution in [-0.4, -0.2) is 5.33 Å². The number of rotatable bonds is 6. The normalized spacial score (nSPS) is 13.5. The van der Waals surface area contributed by atoms with Crippen molar-refractivity contribution in [3.05, 3.63) is 0 Å². The maximum Gasteiger partial charge on any atom is 0.00339 e. The van der Waals surface area contributed by atoms with E-state index in [1.165, 1.54) is 37.4 Å². The van der Waals surface area contributed by atoms with Crippen molar-refractivity contribution in [2.75, 3.05) is 5.33 Å². The lowest BCUT2D eigenvalue weighted by Gasteiger charge is -2.11. The molecule has 0 aromatic carbocycles. The molecule has 0 spiro atoms. The third-order valence-electron chi connectivity index (χ3n) is 2.06. The molecule has 0 aliphatic heterocycles. The SMILES string of the molecule is CCCCC(CC)CCBr. The predicted molar refractivity (Wildman–Crippen MR) is 51.7 cm³/mol. The summed E-state index contributed by atoms with van der Waals surface area (Å²) >= 11 is 3.48. The van der Waals surface area contributed by atoms with Crippen LogP contribution in [0.4, 0.5) is 0 Å². The first kappa shape index (κ1) is 10.5. The van der Waals surface area contributed by atoms with Crippen LogP contribution in [-0.2, 0) is 0 Å². The predicted octanol–water partition coefficient (Wildman–Crippen LogP) is 3.99. The van der Waals surface area contributed by atoms with Crippen molar-refractivity contribution in [2.24, 2.45) is 5.92 Å². The molecule has 0 amide bonds. The van der Waals surface area contributed by atoms with Gasteiger partial charge in [0.2, 0.25) is 0 Å².